The molecule has 33 heavy (non-hydrogen) atoms. The van der Waals surface area contributed by atoms with Crippen LogP contribution >= 0.6 is 0 Å². The first-order chi connectivity index (χ1) is 15.6. The quantitative estimate of drug-likeness (QED) is 0.413. The molecule has 6 heteroatoms. The summed E-state index contributed by atoms with van der Waals surface area (Å²) in [5.41, 5.74) is 3.79. The van der Waals surface area contributed by atoms with Crippen LogP contribution in [-0.4, -0.2) is 34.4 Å². The van der Waals surface area contributed by atoms with Crippen molar-refractivity contribution in [3.63, 3.8) is 0 Å². The van der Waals surface area contributed by atoms with Gasteiger partial charge >= 0.3 is 11.9 Å². The molecule has 0 saturated heterocycles. The van der Waals surface area contributed by atoms with Gasteiger partial charge in [0, 0.05) is 5.41 Å². The van der Waals surface area contributed by atoms with E-state index in [4.69, 9.17) is 9.47 Å². The van der Waals surface area contributed by atoms with Crippen LogP contribution in [-0.2, 0) is 15.0 Å². The third-order valence-corrected chi connectivity index (χ3v) is 6.49. The Morgan fingerprint density at radius 3 is 1.36 bits per heavy atom. The first kappa shape index (κ1) is 26.2. The Hall–Kier alpha value is -3.02. The molecular weight excluding hydrogens is 420 g/mol. The van der Waals surface area contributed by atoms with Crippen molar-refractivity contribution in [2.75, 3.05) is 0 Å². The second-order valence-corrected chi connectivity index (χ2v) is 8.46. The van der Waals surface area contributed by atoms with E-state index in [1.165, 1.54) is 0 Å². The van der Waals surface area contributed by atoms with E-state index in [1.807, 2.05) is 38.1 Å². The number of rotatable bonds is 12. The molecule has 0 radical (unpaired) electrons. The maximum absolute atomic E-state index is 11.4. The molecule has 0 amide bonds. The Balaban J connectivity index is 2.44. The van der Waals surface area contributed by atoms with Gasteiger partial charge in [0.2, 0.25) is 0 Å². The zero-order valence-electron chi connectivity index (χ0n) is 20.5. The van der Waals surface area contributed by atoms with Gasteiger partial charge in [-0.05, 0) is 73.9 Å². The van der Waals surface area contributed by atoms with Crippen molar-refractivity contribution in [1.29, 1.82) is 0 Å². The van der Waals surface area contributed by atoms with Crippen molar-refractivity contribution >= 4 is 11.9 Å². The summed E-state index contributed by atoms with van der Waals surface area (Å²) in [6.45, 7) is 11.7. The van der Waals surface area contributed by atoms with Crippen LogP contribution in [0.3, 0.4) is 0 Å². The summed E-state index contributed by atoms with van der Waals surface area (Å²) in [5.74, 6) is -0.784. The highest BCUT2D eigenvalue weighted by atomic mass is 16.5. The second-order valence-electron chi connectivity index (χ2n) is 8.46. The molecule has 0 aliphatic carbocycles. The van der Waals surface area contributed by atoms with Crippen molar-refractivity contribution in [1.82, 2.24) is 0 Å². The van der Waals surface area contributed by atoms with Crippen LogP contribution in [0.25, 0.3) is 0 Å². The molecule has 180 valence electrons. The molecule has 2 unspecified atom stereocenters. The third kappa shape index (κ3) is 5.67. The molecule has 0 aromatic heterocycles. The van der Waals surface area contributed by atoms with Gasteiger partial charge < -0.3 is 19.7 Å². The van der Waals surface area contributed by atoms with Gasteiger partial charge in [0.05, 0.1) is 0 Å². The molecule has 2 atom stereocenters. The first-order valence-corrected chi connectivity index (χ1v) is 11.6. The van der Waals surface area contributed by atoms with Crippen molar-refractivity contribution in [3.8, 4) is 11.5 Å². The van der Waals surface area contributed by atoms with E-state index in [9.17, 15) is 19.8 Å². The Bertz CT molecular complexity index is 901. The fourth-order valence-electron chi connectivity index (χ4n) is 4.32. The summed E-state index contributed by atoms with van der Waals surface area (Å²) < 4.78 is 11.5. The van der Waals surface area contributed by atoms with Crippen LogP contribution in [0.1, 0.15) is 75.6 Å². The summed E-state index contributed by atoms with van der Waals surface area (Å²) in [6, 6.07) is 11.9. The van der Waals surface area contributed by atoms with Crippen LogP contribution in [0.4, 0.5) is 0 Å². The fraction of sp³-hybridized carbons (Fsp3) is 0.481. The molecule has 6 nitrogen and oxygen atoms in total. The van der Waals surface area contributed by atoms with Crippen LogP contribution < -0.4 is 9.47 Å². The van der Waals surface area contributed by atoms with Crippen molar-refractivity contribution in [2.24, 2.45) is 0 Å². The maximum atomic E-state index is 11.4. The summed E-state index contributed by atoms with van der Waals surface area (Å²) in [5, 5.41) is 18.6. The lowest BCUT2D eigenvalue weighted by molar-refractivity contribution is -0.146. The molecule has 0 aliphatic rings. The Morgan fingerprint density at radius 1 is 0.758 bits per heavy atom. The lowest BCUT2D eigenvalue weighted by Gasteiger charge is -2.34. The lowest BCUT2D eigenvalue weighted by Crippen LogP contribution is -2.28. The molecule has 2 aromatic carbocycles. The van der Waals surface area contributed by atoms with Crippen molar-refractivity contribution in [3.05, 3.63) is 58.7 Å². The third-order valence-electron chi connectivity index (χ3n) is 6.49. The Labute approximate surface area is 196 Å². The second kappa shape index (κ2) is 11.2. The monoisotopic (exact) mass is 456 g/mol. The molecule has 2 rings (SSSR count). The number of hydrogen-bond donors (Lipinski definition) is 2. The predicted octanol–water partition coefficient (Wildman–Crippen LogP) is 5.89. The molecule has 0 spiro atoms. The van der Waals surface area contributed by atoms with Crippen LogP contribution in [0.5, 0.6) is 11.5 Å². The Kier molecular flexibility index (Phi) is 8.91. The largest absolute Gasteiger partial charge is 0.479 e. The van der Waals surface area contributed by atoms with Gasteiger partial charge in [-0.15, -0.1) is 0 Å². The lowest BCUT2D eigenvalue weighted by atomic mass is 9.70. The summed E-state index contributed by atoms with van der Waals surface area (Å²) in [7, 11) is 0. The highest BCUT2D eigenvalue weighted by molar-refractivity contribution is 5.73. The number of carboxylic acids is 2. The zero-order valence-corrected chi connectivity index (χ0v) is 20.5. The molecule has 0 bridgehead atoms. The normalized spacial score (nSPS) is 13.3. The number of hydrogen-bond acceptors (Lipinski definition) is 4. The van der Waals surface area contributed by atoms with Gasteiger partial charge in [-0.25, -0.2) is 9.59 Å². The zero-order chi connectivity index (χ0) is 24.8. The number of aryl methyl sites for hydroxylation is 2. The summed E-state index contributed by atoms with van der Waals surface area (Å²) >= 11 is 0. The SMILES string of the molecule is CCC(Oc1ccc(C(CC)(CC)c2ccc(OC(CC)C(=O)O)c(C)c2)cc1C)C(=O)O. The minimum absolute atomic E-state index is 0.250. The molecule has 0 aliphatic heterocycles. The van der Waals surface area contributed by atoms with Gasteiger partial charge in [0.25, 0.3) is 0 Å². The van der Waals surface area contributed by atoms with E-state index < -0.39 is 24.1 Å². The van der Waals surface area contributed by atoms with E-state index >= 15 is 0 Å². The number of ether oxygens (including phenoxy) is 2. The minimum Gasteiger partial charge on any atom is -0.479 e. The van der Waals surface area contributed by atoms with Gasteiger partial charge in [0.15, 0.2) is 12.2 Å². The number of benzene rings is 2. The smallest absolute Gasteiger partial charge is 0.344 e. The highest BCUT2D eigenvalue weighted by Crippen LogP contribution is 2.41. The molecule has 0 fully saturated rings. The van der Waals surface area contributed by atoms with E-state index in [2.05, 4.69) is 26.0 Å². The molecular formula is C27H36O6. The summed E-state index contributed by atoms with van der Waals surface area (Å²) in [4.78, 5) is 22.7. The highest BCUT2D eigenvalue weighted by Gasteiger charge is 2.32. The standard InChI is InChI=1S/C27H36O6/c1-7-21(25(28)29)32-23-13-11-19(15-17(23)5)27(9-3,10-4)20-12-14-24(18(6)16-20)33-22(8-2)26(30)31/h11-16,21-22H,7-10H2,1-6H3,(H,28,29)(H,30,31). The van der Waals surface area contributed by atoms with Gasteiger partial charge in [-0.3, -0.25) is 0 Å². The number of carbonyl (C=O) groups is 2. The van der Waals surface area contributed by atoms with Crippen molar-refractivity contribution < 1.29 is 29.3 Å². The summed E-state index contributed by atoms with van der Waals surface area (Å²) in [6.07, 6.45) is 0.761. The molecule has 2 aromatic rings. The minimum atomic E-state index is -0.969. The molecule has 0 saturated carbocycles. The van der Waals surface area contributed by atoms with Gasteiger partial charge in [-0.1, -0.05) is 52.0 Å². The molecule has 2 N–H and O–H groups in total. The first-order valence-electron chi connectivity index (χ1n) is 11.6. The van der Waals surface area contributed by atoms with Crippen LogP contribution in [0, 0.1) is 13.8 Å². The van der Waals surface area contributed by atoms with Crippen LogP contribution in [0.15, 0.2) is 36.4 Å². The Morgan fingerprint density at radius 2 is 1.12 bits per heavy atom. The fourth-order valence-corrected chi connectivity index (χ4v) is 4.32. The van der Waals surface area contributed by atoms with Crippen LogP contribution in [0.2, 0.25) is 0 Å². The topological polar surface area (TPSA) is 93.1 Å². The average Bonchev–Trinajstić information content (AvgIpc) is 2.78. The van der Waals surface area contributed by atoms with Gasteiger partial charge in [-0.2, -0.15) is 0 Å². The van der Waals surface area contributed by atoms with E-state index in [0.717, 1.165) is 35.1 Å². The van der Waals surface area contributed by atoms with E-state index in [1.54, 1.807) is 13.8 Å². The maximum Gasteiger partial charge on any atom is 0.344 e. The van der Waals surface area contributed by atoms with E-state index in [0.29, 0.717) is 24.3 Å². The van der Waals surface area contributed by atoms with E-state index in [-0.39, 0.29) is 5.41 Å². The molecule has 0 heterocycles. The number of aliphatic carboxylic acids is 2. The predicted molar refractivity (Wildman–Crippen MR) is 128 cm³/mol. The number of carboxylic acid groups (broad SMARTS) is 2. The average molecular weight is 457 g/mol. The van der Waals surface area contributed by atoms with Gasteiger partial charge in [0.1, 0.15) is 11.5 Å². The van der Waals surface area contributed by atoms with Crippen molar-refractivity contribution in [2.45, 2.75) is 84.8 Å².